The van der Waals surface area contributed by atoms with Crippen molar-refractivity contribution < 1.29 is 9.59 Å². The van der Waals surface area contributed by atoms with Crippen molar-refractivity contribution in [2.75, 3.05) is 0 Å². The third-order valence-electron chi connectivity index (χ3n) is 3.58. The van der Waals surface area contributed by atoms with Crippen molar-refractivity contribution in [1.82, 2.24) is 15.5 Å². The van der Waals surface area contributed by atoms with Crippen LogP contribution in [-0.4, -0.2) is 28.1 Å². The number of hydrogen-bond acceptors (Lipinski definition) is 3. The SMILES string of the molecule is Cc1n[nH]c(C)c1CC(=O)N[C@@H](Cc1ccccc1)C(N)=O. The molecular weight excluding hydrogens is 280 g/mol. The van der Waals surface area contributed by atoms with Gasteiger partial charge in [0.05, 0.1) is 12.1 Å². The second kappa shape index (κ2) is 6.89. The first kappa shape index (κ1) is 15.8. The van der Waals surface area contributed by atoms with Gasteiger partial charge in [-0.3, -0.25) is 14.7 Å². The van der Waals surface area contributed by atoms with Crippen molar-refractivity contribution >= 4 is 11.8 Å². The lowest BCUT2D eigenvalue weighted by atomic mass is 10.0. The normalized spacial score (nSPS) is 11.9. The van der Waals surface area contributed by atoms with Gasteiger partial charge in [-0.1, -0.05) is 30.3 Å². The predicted octanol–water partition coefficient (Wildman–Crippen LogP) is 0.782. The highest BCUT2D eigenvalue weighted by Crippen LogP contribution is 2.10. The zero-order chi connectivity index (χ0) is 16.1. The third-order valence-corrected chi connectivity index (χ3v) is 3.58. The Balaban J connectivity index is 2.02. The lowest BCUT2D eigenvalue weighted by molar-refractivity contribution is -0.127. The molecule has 0 radical (unpaired) electrons. The zero-order valence-electron chi connectivity index (χ0n) is 12.7. The summed E-state index contributed by atoms with van der Waals surface area (Å²) < 4.78 is 0. The molecule has 2 rings (SSSR count). The van der Waals surface area contributed by atoms with Gasteiger partial charge in [0.2, 0.25) is 11.8 Å². The molecule has 0 saturated carbocycles. The van der Waals surface area contributed by atoms with Crippen molar-refractivity contribution in [2.45, 2.75) is 32.7 Å². The van der Waals surface area contributed by atoms with Crippen molar-refractivity contribution in [3.63, 3.8) is 0 Å². The fourth-order valence-electron chi connectivity index (χ4n) is 2.31. The number of nitrogens with zero attached hydrogens (tertiary/aromatic N) is 1. The molecule has 1 aromatic heterocycles. The smallest absolute Gasteiger partial charge is 0.240 e. The van der Waals surface area contributed by atoms with E-state index in [2.05, 4.69) is 15.5 Å². The fraction of sp³-hybridized carbons (Fsp3) is 0.312. The molecule has 0 bridgehead atoms. The van der Waals surface area contributed by atoms with E-state index in [1.54, 1.807) is 0 Å². The lowest BCUT2D eigenvalue weighted by Gasteiger charge is -2.15. The van der Waals surface area contributed by atoms with Crippen molar-refractivity contribution in [1.29, 1.82) is 0 Å². The zero-order valence-corrected chi connectivity index (χ0v) is 12.7. The lowest BCUT2D eigenvalue weighted by Crippen LogP contribution is -2.46. The van der Waals surface area contributed by atoms with Crippen molar-refractivity contribution in [2.24, 2.45) is 5.73 Å². The van der Waals surface area contributed by atoms with Gasteiger partial charge in [0, 0.05) is 17.7 Å². The molecule has 22 heavy (non-hydrogen) atoms. The Bertz CT molecular complexity index is 645. The number of hydrogen-bond donors (Lipinski definition) is 3. The third kappa shape index (κ3) is 3.94. The highest BCUT2D eigenvalue weighted by atomic mass is 16.2. The summed E-state index contributed by atoms with van der Waals surface area (Å²) in [5.74, 6) is -0.787. The second-order valence-corrected chi connectivity index (χ2v) is 5.30. The van der Waals surface area contributed by atoms with Crippen LogP contribution < -0.4 is 11.1 Å². The van der Waals surface area contributed by atoms with Gasteiger partial charge in [-0.25, -0.2) is 0 Å². The van der Waals surface area contributed by atoms with E-state index in [1.807, 2.05) is 44.2 Å². The Morgan fingerprint density at radius 3 is 2.50 bits per heavy atom. The van der Waals surface area contributed by atoms with Crippen LogP contribution in [0.2, 0.25) is 0 Å². The molecular formula is C16H20N4O2. The van der Waals surface area contributed by atoms with E-state index in [0.717, 1.165) is 22.5 Å². The Kier molecular flexibility index (Phi) is 4.93. The molecule has 6 nitrogen and oxygen atoms in total. The molecule has 0 aliphatic rings. The molecule has 1 atom stereocenters. The molecule has 2 amide bonds. The van der Waals surface area contributed by atoms with Crippen LogP contribution >= 0.6 is 0 Å². The van der Waals surface area contributed by atoms with E-state index < -0.39 is 11.9 Å². The minimum atomic E-state index is -0.720. The van der Waals surface area contributed by atoms with Crippen LogP contribution in [0, 0.1) is 13.8 Å². The highest BCUT2D eigenvalue weighted by Gasteiger charge is 2.20. The van der Waals surface area contributed by atoms with Crippen molar-refractivity contribution in [3.8, 4) is 0 Å². The number of aromatic amines is 1. The number of aromatic nitrogens is 2. The van der Waals surface area contributed by atoms with E-state index >= 15 is 0 Å². The first-order chi connectivity index (χ1) is 10.5. The summed E-state index contributed by atoms with van der Waals surface area (Å²) in [6, 6.07) is 8.73. The van der Waals surface area contributed by atoms with Crippen LogP contribution in [0.25, 0.3) is 0 Å². The van der Waals surface area contributed by atoms with Gasteiger partial charge in [-0.2, -0.15) is 5.10 Å². The fourth-order valence-corrected chi connectivity index (χ4v) is 2.31. The molecule has 0 aliphatic carbocycles. The van der Waals surface area contributed by atoms with Crippen LogP contribution in [0.4, 0.5) is 0 Å². The van der Waals surface area contributed by atoms with E-state index in [1.165, 1.54) is 0 Å². The Hall–Kier alpha value is -2.63. The largest absolute Gasteiger partial charge is 0.368 e. The maximum atomic E-state index is 12.2. The van der Waals surface area contributed by atoms with Gasteiger partial charge in [0.25, 0.3) is 0 Å². The summed E-state index contributed by atoms with van der Waals surface area (Å²) in [6.07, 6.45) is 0.554. The first-order valence-corrected chi connectivity index (χ1v) is 7.10. The number of carbonyl (C=O) groups excluding carboxylic acids is 2. The topological polar surface area (TPSA) is 101 Å². The number of primary amides is 1. The number of benzene rings is 1. The van der Waals surface area contributed by atoms with Crippen LogP contribution in [0.3, 0.4) is 0 Å². The number of carbonyl (C=O) groups is 2. The number of nitrogens with two attached hydrogens (primary N) is 1. The Morgan fingerprint density at radius 1 is 1.27 bits per heavy atom. The molecule has 0 spiro atoms. The second-order valence-electron chi connectivity index (χ2n) is 5.30. The van der Waals surface area contributed by atoms with Gasteiger partial charge < -0.3 is 11.1 Å². The van der Waals surface area contributed by atoms with Crippen LogP contribution in [0.5, 0.6) is 0 Å². The van der Waals surface area contributed by atoms with Crippen LogP contribution in [0.15, 0.2) is 30.3 Å². The Morgan fingerprint density at radius 2 is 1.95 bits per heavy atom. The molecule has 4 N–H and O–H groups in total. The summed E-state index contributed by atoms with van der Waals surface area (Å²) in [4.78, 5) is 23.7. The van der Waals surface area contributed by atoms with E-state index in [9.17, 15) is 9.59 Å². The minimum absolute atomic E-state index is 0.173. The average molecular weight is 300 g/mol. The molecule has 1 heterocycles. The molecule has 0 unspecified atom stereocenters. The van der Waals surface area contributed by atoms with Crippen LogP contribution in [0.1, 0.15) is 22.5 Å². The Labute approximate surface area is 129 Å². The summed E-state index contributed by atoms with van der Waals surface area (Å²) in [7, 11) is 0. The first-order valence-electron chi connectivity index (χ1n) is 7.10. The number of nitrogens with one attached hydrogen (secondary N) is 2. The summed E-state index contributed by atoms with van der Waals surface area (Å²) in [5, 5.41) is 9.59. The van der Waals surface area contributed by atoms with Gasteiger partial charge in [0.15, 0.2) is 0 Å². The van der Waals surface area contributed by atoms with Gasteiger partial charge in [0.1, 0.15) is 6.04 Å². The number of amides is 2. The molecule has 1 aromatic carbocycles. The standard InChI is InChI=1S/C16H20N4O2/c1-10-13(11(2)20-19-10)9-15(21)18-14(16(17)22)8-12-6-4-3-5-7-12/h3-7,14H,8-9H2,1-2H3,(H2,17,22)(H,18,21)(H,19,20)/t14-/m0/s1. The maximum absolute atomic E-state index is 12.2. The molecule has 0 fully saturated rings. The minimum Gasteiger partial charge on any atom is -0.368 e. The predicted molar refractivity (Wildman–Crippen MR) is 83.0 cm³/mol. The molecule has 2 aromatic rings. The number of H-pyrrole nitrogens is 1. The van der Waals surface area contributed by atoms with Crippen molar-refractivity contribution in [3.05, 3.63) is 52.8 Å². The molecule has 116 valence electrons. The number of aryl methyl sites for hydroxylation is 2. The molecule has 0 saturated heterocycles. The van der Waals surface area contributed by atoms with Crippen LogP contribution in [-0.2, 0) is 22.4 Å². The van der Waals surface area contributed by atoms with E-state index in [4.69, 9.17) is 5.73 Å². The highest BCUT2D eigenvalue weighted by molar-refractivity contribution is 5.87. The maximum Gasteiger partial charge on any atom is 0.240 e. The van der Waals surface area contributed by atoms with E-state index in [-0.39, 0.29) is 12.3 Å². The molecule has 0 aliphatic heterocycles. The molecule has 6 heteroatoms. The summed E-state index contributed by atoms with van der Waals surface area (Å²) >= 11 is 0. The van der Waals surface area contributed by atoms with E-state index in [0.29, 0.717) is 6.42 Å². The summed E-state index contributed by atoms with van der Waals surface area (Å²) in [5.41, 5.74) is 8.82. The average Bonchev–Trinajstić information content (AvgIpc) is 2.79. The number of rotatable bonds is 6. The summed E-state index contributed by atoms with van der Waals surface area (Å²) in [6.45, 7) is 3.69. The van der Waals surface area contributed by atoms with Gasteiger partial charge >= 0.3 is 0 Å². The quantitative estimate of drug-likeness (QED) is 0.735. The van der Waals surface area contributed by atoms with Gasteiger partial charge in [-0.05, 0) is 19.4 Å². The van der Waals surface area contributed by atoms with Gasteiger partial charge in [-0.15, -0.1) is 0 Å². The monoisotopic (exact) mass is 300 g/mol.